The molecule has 10 nitrogen and oxygen atoms in total. The van der Waals surface area contributed by atoms with Crippen LogP contribution >= 0.6 is 0 Å². The van der Waals surface area contributed by atoms with Gasteiger partial charge in [-0.2, -0.15) is 0 Å². The van der Waals surface area contributed by atoms with Crippen molar-refractivity contribution < 1.29 is 19.0 Å². The van der Waals surface area contributed by atoms with Crippen molar-refractivity contribution in [3.8, 4) is 17.1 Å². The second-order valence-electron chi connectivity index (χ2n) is 13.1. The molecule has 1 saturated carbocycles. The molecule has 2 atom stereocenters. The summed E-state index contributed by atoms with van der Waals surface area (Å²) in [4.78, 5) is 31.7. The number of anilines is 2. The first kappa shape index (κ1) is 31.5. The lowest BCUT2D eigenvalue weighted by Gasteiger charge is -2.45. The van der Waals surface area contributed by atoms with Crippen LogP contribution in [0.5, 0.6) is 5.75 Å². The second-order valence-corrected chi connectivity index (χ2v) is 13.1. The van der Waals surface area contributed by atoms with Crippen LogP contribution in [-0.4, -0.2) is 78.9 Å². The number of piperazine rings is 1. The molecule has 1 saturated heterocycles. The Hall–Kier alpha value is -3.92. The van der Waals surface area contributed by atoms with Gasteiger partial charge in [0.15, 0.2) is 12.6 Å². The average molecular weight is 603 g/mol. The fourth-order valence-electron chi connectivity index (χ4n) is 6.21. The molecule has 10 heteroatoms. The first-order valence-corrected chi connectivity index (χ1v) is 15.5. The minimum Gasteiger partial charge on any atom is -0.466 e. The Morgan fingerprint density at radius 2 is 1.84 bits per heavy atom. The highest BCUT2D eigenvalue weighted by atomic mass is 16.7. The quantitative estimate of drug-likeness (QED) is 0.190. The van der Waals surface area contributed by atoms with E-state index >= 15 is 0 Å². The summed E-state index contributed by atoms with van der Waals surface area (Å²) in [6.45, 7) is 13.3. The highest BCUT2D eigenvalue weighted by molar-refractivity contribution is 5.93. The van der Waals surface area contributed by atoms with Gasteiger partial charge in [0.1, 0.15) is 11.4 Å². The van der Waals surface area contributed by atoms with E-state index < -0.39 is 5.60 Å². The number of hydrogen-bond donors (Lipinski definition) is 1. The van der Waals surface area contributed by atoms with E-state index in [9.17, 15) is 4.79 Å². The molecule has 1 aliphatic carbocycles. The number of carbonyl (C=O) groups is 1. The van der Waals surface area contributed by atoms with Gasteiger partial charge in [-0.3, -0.25) is 9.89 Å². The first-order chi connectivity index (χ1) is 20.9. The number of nitrogens with zero attached hydrogens (tertiary/aromatic N) is 5. The molecular formula is C34H46N6O4. The van der Waals surface area contributed by atoms with E-state index in [1.54, 1.807) is 20.4 Å². The third kappa shape index (κ3) is 6.31. The van der Waals surface area contributed by atoms with Gasteiger partial charge in [0.2, 0.25) is 0 Å². The van der Waals surface area contributed by atoms with Crippen molar-refractivity contribution in [3.63, 3.8) is 0 Å². The van der Waals surface area contributed by atoms with Crippen LogP contribution in [0.2, 0.25) is 0 Å². The maximum atomic E-state index is 13.0. The molecule has 236 valence electrons. The van der Waals surface area contributed by atoms with E-state index in [0.29, 0.717) is 36.3 Å². The Morgan fingerprint density at radius 1 is 1.14 bits per heavy atom. The molecule has 2 aromatic carbocycles. The summed E-state index contributed by atoms with van der Waals surface area (Å²) < 4.78 is 17.0. The molecule has 3 aromatic rings. The highest BCUT2D eigenvalue weighted by Crippen LogP contribution is 2.42. The molecular weight excluding hydrogens is 556 g/mol. The molecule has 2 N–H and O–H groups in total. The largest absolute Gasteiger partial charge is 0.466 e. The number of amides is 1. The summed E-state index contributed by atoms with van der Waals surface area (Å²) in [5, 5.41) is 1.06. The lowest BCUT2D eigenvalue weighted by Crippen LogP contribution is -2.59. The van der Waals surface area contributed by atoms with Crippen molar-refractivity contribution >= 4 is 34.6 Å². The van der Waals surface area contributed by atoms with Gasteiger partial charge in [-0.15, -0.1) is 0 Å². The number of hydrogen-bond acceptors (Lipinski definition) is 9. The van der Waals surface area contributed by atoms with Crippen LogP contribution in [0.15, 0.2) is 29.3 Å². The number of nitrogens with two attached hydrogens (primary N) is 1. The lowest BCUT2D eigenvalue weighted by molar-refractivity contribution is 0.00565. The molecule has 0 bridgehead atoms. The van der Waals surface area contributed by atoms with Gasteiger partial charge >= 0.3 is 6.09 Å². The van der Waals surface area contributed by atoms with Crippen molar-refractivity contribution in [1.29, 1.82) is 0 Å². The number of methoxy groups -OCH3 is 1. The monoisotopic (exact) mass is 602 g/mol. The minimum absolute atomic E-state index is 0.00541. The van der Waals surface area contributed by atoms with E-state index in [0.717, 1.165) is 51.8 Å². The Morgan fingerprint density at radius 3 is 2.43 bits per heavy atom. The number of nitrogen functional groups attached to an aromatic ring is 1. The molecule has 44 heavy (non-hydrogen) atoms. The third-order valence-corrected chi connectivity index (χ3v) is 8.52. The van der Waals surface area contributed by atoms with Crippen LogP contribution in [-0.2, 0) is 9.47 Å². The number of carbonyl (C=O) groups excluding carboxylic acids is 1. The summed E-state index contributed by atoms with van der Waals surface area (Å²) in [6, 6.07) is 8.37. The Balaban J connectivity index is 1.54. The predicted molar refractivity (Wildman–Crippen MR) is 176 cm³/mol. The molecule has 0 spiro atoms. The Bertz CT molecular complexity index is 1550. The molecule has 2 fully saturated rings. The standard InChI is InChI=1S/C34H46N6O4/c1-20-17-39(18-21(2)40(20)33(41)44-34(4,5)6)25-12-13-28-26(15-25)30(23-10-9-11-23)38-32(37-28)27-14-24(16-36-7)29(35)22(3)31(27)43-19-42-8/h12-16,20-21,23H,9-11,17-19,35H2,1-8H3/t20-,21+. The number of aliphatic imine (C=N–C) groups is 1. The molecule has 0 radical (unpaired) electrons. The highest BCUT2D eigenvalue weighted by Gasteiger charge is 2.36. The van der Waals surface area contributed by atoms with Crippen LogP contribution in [0.25, 0.3) is 22.3 Å². The van der Waals surface area contributed by atoms with Gasteiger partial charge in [-0.05, 0) is 78.6 Å². The molecule has 2 heterocycles. The third-order valence-electron chi connectivity index (χ3n) is 8.52. The zero-order chi connectivity index (χ0) is 31.8. The second kappa shape index (κ2) is 12.6. The topological polar surface area (TPSA) is 115 Å². The Kier molecular flexibility index (Phi) is 9.02. The van der Waals surface area contributed by atoms with Crippen molar-refractivity contribution in [1.82, 2.24) is 14.9 Å². The van der Waals surface area contributed by atoms with Crippen LogP contribution in [0.3, 0.4) is 0 Å². The first-order valence-electron chi connectivity index (χ1n) is 15.5. The van der Waals surface area contributed by atoms with E-state index in [1.165, 1.54) is 6.42 Å². The number of fused-ring (bicyclic) bond motifs is 1. The summed E-state index contributed by atoms with van der Waals surface area (Å²) in [7, 11) is 3.32. The molecule has 1 aromatic heterocycles. The minimum atomic E-state index is -0.532. The maximum absolute atomic E-state index is 13.0. The van der Waals surface area contributed by atoms with Gasteiger partial charge < -0.3 is 24.8 Å². The molecule has 2 aliphatic rings. The van der Waals surface area contributed by atoms with Crippen LogP contribution in [0.1, 0.15) is 76.6 Å². The van der Waals surface area contributed by atoms with E-state index in [1.807, 2.05) is 38.7 Å². The van der Waals surface area contributed by atoms with Crippen molar-refractivity contribution in [2.75, 3.05) is 44.7 Å². The van der Waals surface area contributed by atoms with Gasteiger partial charge in [0.25, 0.3) is 0 Å². The number of aromatic nitrogens is 2. The summed E-state index contributed by atoms with van der Waals surface area (Å²) in [5.74, 6) is 1.57. The summed E-state index contributed by atoms with van der Waals surface area (Å²) in [5.41, 5.74) is 11.9. The van der Waals surface area contributed by atoms with E-state index in [2.05, 4.69) is 41.9 Å². The van der Waals surface area contributed by atoms with Crippen molar-refractivity contribution in [2.24, 2.45) is 4.99 Å². The SMILES string of the molecule is CN=Cc1cc(-c2nc(C3CCC3)c3cc(N4C[C@@H](C)N(C(=O)OC(C)(C)C)[C@@H](C)C4)ccc3n2)c(OCOC)c(C)c1N. The van der Waals surface area contributed by atoms with Crippen LogP contribution < -0.4 is 15.4 Å². The normalized spacial score (nSPS) is 19.5. The smallest absolute Gasteiger partial charge is 0.410 e. The molecule has 1 aliphatic heterocycles. The maximum Gasteiger partial charge on any atom is 0.410 e. The van der Waals surface area contributed by atoms with E-state index in [4.69, 9.17) is 29.9 Å². The molecule has 0 unspecified atom stereocenters. The van der Waals surface area contributed by atoms with Gasteiger partial charge in [0, 0.05) is 67.3 Å². The zero-order valence-electron chi connectivity index (χ0n) is 27.3. The number of rotatable bonds is 7. The zero-order valence-corrected chi connectivity index (χ0v) is 27.3. The van der Waals surface area contributed by atoms with Crippen LogP contribution in [0, 0.1) is 6.92 Å². The molecule has 5 rings (SSSR count). The van der Waals surface area contributed by atoms with Gasteiger partial charge in [-0.25, -0.2) is 14.8 Å². The summed E-state index contributed by atoms with van der Waals surface area (Å²) in [6.07, 6.45) is 4.87. The number of benzene rings is 2. The van der Waals surface area contributed by atoms with E-state index in [-0.39, 0.29) is 25.0 Å². The van der Waals surface area contributed by atoms with Gasteiger partial charge in [0.05, 0.1) is 28.9 Å². The van der Waals surface area contributed by atoms with Crippen LogP contribution in [0.4, 0.5) is 16.2 Å². The van der Waals surface area contributed by atoms with Gasteiger partial charge in [-0.1, -0.05) is 6.42 Å². The number of ether oxygens (including phenoxy) is 3. The average Bonchev–Trinajstić information content (AvgIpc) is 2.92. The summed E-state index contributed by atoms with van der Waals surface area (Å²) >= 11 is 0. The molecule has 1 amide bonds. The predicted octanol–water partition coefficient (Wildman–Crippen LogP) is 6.32. The van der Waals surface area contributed by atoms with Crippen molar-refractivity contribution in [3.05, 3.63) is 41.1 Å². The van der Waals surface area contributed by atoms with Crippen molar-refractivity contribution in [2.45, 2.75) is 84.4 Å². The Labute approximate surface area is 260 Å². The lowest BCUT2D eigenvalue weighted by atomic mass is 9.81. The fourth-order valence-corrected chi connectivity index (χ4v) is 6.21. The fraction of sp³-hybridized carbons (Fsp3) is 0.529.